The number of aryl methyl sites for hydroxylation is 1. The minimum atomic E-state index is -0.267. The van der Waals surface area contributed by atoms with Gasteiger partial charge < -0.3 is 5.11 Å². The van der Waals surface area contributed by atoms with Gasteiger partial charge in [0.2, 0.25) is 0 Å². The van der Waals surface area contributed by atoms with Crippen LogP contribution in [0.1, 0.15) is 33.1 Å². The molecule has 3 heteroatoms. The molecule has 0 aliphatic carbocycles. The van der Waals surface area contributed by atoms with Crippen LogP contribution >= 0.6 is 0 Å². The number of carbonyl (C=O) groups excluding carboxylic acids is 1. The molecule has 1 N–H and O–H groups in total. The Labute approximate surface area is 124 Å². The van der Waals surface area contributed by atoms with Gasteiger partial charge in [0, 0.05) is 12.1 Å². The number of phenols is 1. The lowest BCUT2D eigenvalue weighted by Gasteiger charge is -2.33. The molecule has 0 spiro atoms. The SMILES string of the molecule is Cc1ccc(C(=O)C2c3ccc(O)cc3CCN2C)cc1. The van der Waals surface area contributed by atoms with E-state index in [9.17, 15) is 9.90 Å². The number of benzene rings is 2. The fraction of sp³-hybridized carbons (Fsp3) is 0.278. The Hall–Kier alpha value is -2.13. The summed E-state index contributed by atoms with van der Waals surface area (Å²) < 4.78 is 0. The van der Waals surface area contributed by atoms with Gasteiger partial charge in [-0.3, -0.25) is 9.69 Å². The second kappa shape index (κ2) is 5.34. The molecule has 21 heavy (non-hydrogen) atoms. The number of ketones is 1. The summed E-state index contributed by atoms with van der Waals surface area (Å²) in [5, 5.41) is 9.63. The third-order valence-corrected chi connectivity index (χ3v) is 4.18. The fourth-order valence-corrected chi connectivity index (χ4v) is 2.96. The highest BCUT2D eigenvalue weighted by atomic mass is 16.3. The van der Waals surface area contributed by atoms with Gasteiger partial charge in [0.25, 0.3) is 0 Å². The van der Waals surface area contributed by atoms with Gasteiger partial charge in [0.1, 0.15) is 5.75 Å². The van der Waals surface area contributed by atoms with Crippen LogP contribution in [0.25, 0.3) is 0 Å². The van der Waals surface area contributed by atoms with Crippen molar-refractivity contribution in [3.8, 4) is 5.75 Å². The maximum atomic E-state index is 12.9. The van der Waals surface area contributed by atoms with E-state index in [1.165, 1.54) is 0 Å². The highest BCUT2D eigenvalue weighted by Gasteiger charge is 2.31. The van der Waals surface area contributed by atoms with Crippen LogP contribution in [-0.4, -0.2) is 29.4 Å². The zero-order valence-electron chi connectivity index (χ0n) is 12.3. The molecule has 2 aromatic rings. The van der Waals surface area contributed by atoms with Crippen molar-refractivity contribution in [1.29, 1.82) is 0 Å². The Morgan fingerprint density at radius 3 is 2.62 bits per heavy atom. The quantitative estimate of drug-likeness (QED) is 0.860. The predicted octanol–water partition coefficient (Wildman–Crippen LogP) is 3.11. The van der Waals surface area contributed by atoms with Crippen LogP contribution in [-0.2, 0) is 6.42 Å². The van der Waals surface area contributed by atoms with Crippen LogP contribution in [0.5, 0.6) is 5.75 Å². The fourth-order valence-electron chi connectivity index (χ4n) is 2.96. The van der Waals surface area contributed by atoms with Crippen molar-refractivity contribution in [1.82, 2.24) is 4.90 Å². The molecule has 0 saturated carbocycles. The monoisotopic (exact) mass is 281 g/mol. The summed E-state index contributed by atoms with van der Waals surface area (Å²) in [6.07, 6.45) is 0.859. The summed E-state index contributed by atoms with van der Waals surface area (Å²) in [7, 11) is 1.98. The van der Waals surface area contributed by atoms with Crippen molar-refractivity contribution in [3.63, 3.8) is 0 Å². The molecule has 1 heterocycles. The van der Waals surface area contributed by atoms with E-state index in [1.807, 2.05) is 44.3 Å². The zero-order chi connectivity index (χ0) is 15.0. The first-order valence-electron chi connectivity index (χ1n) is 7.19. The molecule has 2 aromatic carbocycles. The van der Waals surface area contributed by atoms with E-state index in [2.05, 4.69) is 4.90 Å². The first-order valence-corrected chi connectivity index (χ1v) is 7.19. The van der Waals surface area contributed by atoms with Crippen molar-refractivity contribution in [2.75, 3.05) is 13.6 Å². The Balaban J connectivity index is 2.01. The van der Waals surface area contributed by atoms with Crippen molar-refractivity contribution in [2.45, 2.75) is 19.4 Å². The first kappa shape index (κ1) is 13.8. The summed E-state index contributed by atoms with van der Waals surface area (Å²) in [5.74, 6) is 0.379. The highest BCUT2D eigenvalue weighted by Crippen LogP contribution is 2.33. The van der Waals surface area contributed by atoms with Crippen LogP contribution in [0.15, 0.2) is 42.5 Å². The Kier molecular flexibility index (Phi) is 3.52. The van der Waals surface area contributed by atoms with Gasteiger partial charge in [0.05, 0.1) is 6.04 Å². The van der Waals surface area contributed by atoms with E-state index in [4.69, 9.17) is 0 Å². The molecule has 1 aliphatic heterocycles. The van der Waals surface area contributed by atoms with E-state index < -0.39 is 0 Å². The van der Waals surface area contributed by atoms with E-state index >= 15 is 0 Å². The molecule has 0 radical (unpaired) electrons. The van der Waals surface area contributed by atoms with Crippen molar-refractivity contribution >= 4 is 5.78 Å². The Morgan fingerprint density at radius 1 is 1.19 bits per heavy atom. The van der Waals surface area contributed by atoms with Gasteiger partial charge in [0.15, 0.2) is 5.78 Å². The molecular formula is C18H19NO2. The maximum absolute atomic E-state index is 12.9. The third kappa shape index (κ3) is 2.57. The number of carbonyl (C=O) groups is 1. The highest BCUT2D eigenvalue weighted by molar-refractivity contribution is 6.01. The topological polar surface area (TPSA) is 40.5 Å². The molecule has 0 aromatic heterocycles. The number of nitrogens with zero attached hydrogens (tertiary/aromatic N) is 1. The van der Waals surface area contributed by atoms with Crippen LogP contribution in [0, 0.1) is 6.92 Å². The number of hydrogen-bond acceptors (Lipinski definition) is 3. The summed E-state index contributed by atoms with van der Waals surface area (Å²) in [4.78, 5) is 14.9. The summed E-state index contributed by atoms with van der Waals surface area (Å²) >= 11 is 0. The molecule has 1 atom stereocenters. The van der Waals surface area contributed by atoms with Crippen LogP contribution in [0.2, 0.25) is 0 Å². The lowest BCUT2D eigenvalue weighted by molar-refractivity contribution is 0.0838. The second-order valence-corrected chi connectivity index (χ2v) is 5.75. The van der Waals surface area contributed by atoms with Gasteiger partial charge >= 0.3 is 0 Å². The summed E-state index contributed by atoms with van der Waals surface area (Å²) in [6.45, 7) is 2.83. The van der Waals surface area contributed by atoms with Gasteiger partial charge in [-0.05, 0) is 43.7 Å². The molecule has 3 nitrogen and oxygen atoms in total. The number of hydrogen-bond donors (Lipinski definition) is 1. The van der Waals surface area contributed by atoms with E-state index in [-0.39, 0.29) is 17.6 Å². The smallest absolute Gasteiger partial charge is 0.184 e. The zero-order valence-corrected chi connectivity index (χ0v) is 12.3. The van der Waals surface area contributed by atoms with Crippen molar-refractivity contribution < 1.29 is 9.90 Å². The van der Waals surface area contributed by atoms with E-state index in [1.54, 1.807) is 12.1 Å². The summed E-state index contributed by atoms with van der Waals surface area (Å²) in [6, 6.07) is 12.8. The minimum absolute atomic E-state index is 0.115. The molecule has 0 bridgehead atoms. The molecule has 108 valence electrons. The standard InChI is InChI=1S/C18H19NO2/c1-12-3-5-13(6-4-12)18(21)17-16-8-7-15(20)11-14(16)9-10-19(17)2/h3-8,11,17,20H,9-10H2,1-2H3. The second-order valence-electron chi connectivity index (χ2n) is 5.75. The minimum Gasteiger partial charge on any atom is -0.508 e. The third-order valence-electron chi connectivity index (χ3n) is 4.18. The van der Waals surface area contributed by atoms with Gasteiger partial charge in [-0.1, -0.05) is 35.9 Å². The van der Waals surface area contributed by atoms with Crippen LogP contribution in [0.4, 0.5) is 0 Å². The molecular weight excluding hydrogens is 262 g/mol. The molecule has 1 unspecified atom stereocenters. The number of fused-ring (bicyclic) bond motifs is 1. The molecule has 0 fully saturated rings. The average molecular weight is 281 g/mol. The Bertz CT molecular complexity index is 676. The van der Waals surface area contributed by atoms with Gasteiger partial charge in [-0.2, -0.15) is 0 Å². The van der Waals surface area contributed by atoms with E-state index in [0.29, 0.717) is 0 Å². The summed E-state index contributed by atoms with van der Waals surface area (Å²) in [5.41, 5.74) is 3.96. The van der Waals surface area contributed by atoms with Crippen molar-refractivity contribution in [2.24, 2.45) is 0 Å². The number of likely N-dealkylation sites (N-methyl/N-ethyl adjacent to an activating group) is 1. The molecule has 0 saturated heterocycles. The largest absolute Gasteiger partial charge is 0.508 e. The number of Topliss-reactive ketones (excluding diaryl/α,β-unsaturated/α-hetero) is 1. The first-order chi connectivity index (χ1) is 10.1. The number of phenolic OH excluding ortho intramolecular Hbond substituents is 1. The van der Waals surface area contributed by atoms with Crippen molar-refractivity contribution in [3.05, 3.63) is 64.7 Å². The number of aromatic hydroxyl groups is 1. The van der Waals surface area contributed by atoms with Crippen LogP contribution < -0.4 is 0 Å². The predicted molar refractivity (Wildman–Crippen MR) is 82.7 cm³/mol. The van der Waals surface area contributed by atoms with E-state index in [0.717, 1.165) is 35.2 Å². The Morgan fingerprint density at radius 2 is 1.90 bits per heavy atom. The average Bonchev–Trinajstić information content (AvgIpc) is 2.47. The number of rotatable bonds is 2. The van der Waals surface area contributed by atoms with Gasteiger partial charge in [-0.15, -0.1) is 0 Å². The molecule has 3 rings (SSSR count). The molecule has 0 amide bonds. The van der Waals surface area contributed by atoms with Gasteiger partial charge in [-0.25, -0.2) is 0 Å². The van der Waals surface area contributed by atoms with Crippen LogP contribution in [0.3, 0.4) is 0 Å². The lowest BCUT2D eigenvalue weighted by atomic mass is 9.88. The maximum Gasteiger partial charge on any atom is 0.184 e. The normalized spacial score (nSPS) is 18.3. The molecule has 1 aliphatic rings. The lowest BCUT2D eigenvalue weighted by Crippen LogP contribution is -2.37.